The Morgan fingerprint density at radius 2 is 0.564 bits per heavy atom. The predicted octanol–water partition coefficient (Wildman–Crippen LogP) is 24.4. The number of anilines is 8. The second-order valence-corrected chi connectivity index (χ2v) is 33.6. The van der Waals surface area contributed by atoms with Gasteiger partial charge in [0.25, 0.3) is 47.3 Å². The molecule has 0 aliphatic carbocycles. The Bertz CT molecular complexity index is 6110. The van der Waals surface area contributed by atoms with E-state index in [0.29, 0.717) is 122 Å². The van der Waals surface area contributed by atoms with Gasteiger partial charge in [0.1, 0.15) is 46.0 Å². The number of urea groups is 2. The number of isocyanates is 1. The van der Waals surface area contributed by atoms with Crippen LogP contribution in [0.15, 0.2) is 272 Å². The number of nitrogens with zero attached hydrogens (tertiary/aromatic N) is 5. The number of aliphatic imine (C=N–C) groups is 1. The molecule has 0 bridgehead atoms. The number of fused-ring (bicyclic) bond motifs is 4. The van der Waals surface area contributed by atoms with Crippen LogP contribution in [0.1, 0.15) is 244 Å². The summed E-state index contributed by atoms with van der Waals surface area (Å²) in [6.07, 6.45) is 14.5. The van der Waals surface area contributed by atoms with E-state index >= 15 is 0 Å². The molecule has 12 aromatic carbocycles. The van der Waals surface area contributed by atoms with Crippen molar-refractivity contribution in [2.75, 3.05) is 68.4 Å². The Morgan fingerprint density at radius 1 is 0.321 bits per heavy atom. The van der Waals surface area contributed by atoms with Crippen molar-refractivity contribution < 1.29 is 103 Å². The molecule has 0 atom stereocenters. The number of unbranched alkanes of at least 4 members (excludes halogenated alkanes) is 9. The molecule has 27 nitrogen and oxygen atoms in total. The van der Waals surface area contributed by atoms with Crippen LogP contribution in [0.5, 0.6) is 46.0 Å². The minimum Gasteiger partial charge on any atom is -0.457 e. The SMILES string of the molecule is CC.CC(C)(c1ccc(Oc2ccc3c(c2)C(=O)N(c2cccc(N)c2)C3=O)cc1)c1ccc(Oc2ccc3c(c2)C(=O)N(c2cccc(N)c2)C3=O)cc1.CCCCCCN=C=O.CCCCCCNC(=O)Nc1cccc(N2C(=O)c3ccc(Oc4ccc(C(C)(C)c5ccc(Oc6ccc7c(c6)C(=O)N(c6cccc(NC(=O)NCCCCCC)c6)C7=O)cc5)cc4)cc3C2=O)c1.CN.[CH3-].[CH3-].[U+2]. The first-order chi connectivity index (χ1) is 66.2. The van der Waals surface area contributed by atoms with Crippen LogP contribution in [-0.2, 0) is 15.6 Å². The number of hydrogen-bond acceptors (Lipinski definition) is 19. The van der Waals surface area contributed by atoms with Gasteiger partial charge in [-0.15, -0.1) is 0 Å². The van der Waals surface area contributed by atoms with Gasteiger partial charge in [-0.2, -0.15) is 0 Å². The number of carbonyl (C=O) groups excluding carboxylic acids is 11. The maximum atomic E-state index is 13.7. The van der Waals surface area contributed by atoms with Crippen molar-refractivity contribution in [1.29, 1.82) is 0 Å². The second kappa shape index (κ2) is 50.8. The maximum absolute atomic E-state index is 13.7. The van der Waals surface area contributed by atoms with Gasteiger partial charge in [-0.3, -0.25) is 38.4 Å². The average molecular weight is 2110 g/mol. The minimum absolute atomic E-state index is 0. The number of carbonyl (C=O) groups is 10. The van der Waals surface area contributed by atoms with Crippen LogP contribution in [0.25, 0.3) is 0 Å². The molecule has 4 aliphatic rings. The first-order valence-electron chi connectivity index (χ1n) is 46.1. The Labute approximate surface area is 842 Å². The summed E-state index contributed by atoms with van der Waals surface area (Å²) in [5, 5.41) is 11.3. The molecule has 140 heavy (non-hydrogen) atoms. The number of hydrogen-bond donors (Lipinski definition) is 7. The molecule has 4 heterocycles. The molecular weight excluding hydrogens is 1990 g/mol. The molecule has 28 heteroatoms. The van der Waals surface area contributed by atoms with E-state index in [4.69, 9.17) is 30.4 Å². The Balaban J connectivity index is 0.000000281. The maximum Gasteiger partial charge on any atom is 2.00 e. The van der Waals surface area contributed by atoms with Crippen LogP contribution in [0, 0.1) is 46.0 Å². The molecule has 10 N–H and O–H groups in total. The van der Waals surface area contributed by atoms with Gasteiger partial charge in [0, 0.05) is 46.7 Å². The fraction of sp³-hybridized carbons (Fsp3) is 0.241. The molecule has 12 aromatic rings. The number of nitrogens with one attached hydrogen (secondary N) is 4. The molecular formula is C112H120N12O15U. The third-order valence-corrected chi connectivity index (χ3v) is 23.5. The van der Waals surface area contributed by atoms with Crippen LogP contribution in [-0.4, -0.2) is 92.1 Å². The van der Waals surface area contributed by atoms with Crippen molar-refractivity contribution in [1.82, 2.24) is 10.6 Å². The van der Waals surface area contributed by atoms with Crippen LogP contribution in [0.3, 0.4) is 0 Å². The first kappa shape index (κ1) is 109. The van der Waals surface area contributed by atoms with Crippen LogP contribution < -0.4 is 77.0 Å². The number of benzene rings is 12. The van der Waals surface area contributed by atoms with Crippen molar-refractivity contribution in [2.24, 2.45) is 10.7 Å². The van der Waals surface area contributed by atoms with Gasteiger partial charge in [0.05, 0.1) is 73.8 Å². The fourth-order valence-electron chi connectivity index (χ4n) is 16.0. The van der Waals surface area contributed by atoms with E-state index in [1.165, 1.54) is 32.4 Å². The largest absolute Gasteiger partial charge is 2.00 e. The summed E-state index contributed by atoms with van der Waals surface area (Å²) in [7, 11) is 1.50. The van der Waals surface area contributed by atoms with Crippen molar-refractivity contribution in [2.45, 2.75) is 150 Å². The molecule has 0 saturated heterocycles. The molecule has 0 saturated carbocycles. The molecule has 0 fully saturated rings. The number of imide groups is 4. The standard InChI is InChI=1S/C57H58N6O8.C43H32N4O6.C7H13NO.C2H6.CH5N.2CH3.U/c1-5-7-9-11-31-58-55(68)60-39-15-13-17-41(33-39)62-51(64)47-29-27-45(35-49(47)53(62)66)70-43-23-19-37(20-24-43)57(3,4)38-21-25-44(26-22-38)71-46-28-30-48-50(36-46)54(67)63(52(48)65)42-18-14-16-40(34-42)61-56(69)59-32-12-10-8-6-2;1-43(2,25-9-13-31(14-10-25)52-33-17-19-35-37(23-33)41(50)46(39(35)48)29-7-3-5-27(44)21-29)26-11-15-32(16-12-26)53-34-18-20-36-38(24-34)42(51)47(40(36)49)30-8-4-6-28(45)22-30;1-2-3-4-5-6-8-7-9;2*1-2;;;/h13-30,33-36H,5-12,31-32H2,1-4H3,(H2,58,60,68)(H2,59,61,69);3-24H,44-45H2,1-2H3;2-6H2,1H3;1-2H3;2H2,1H3;2*1H3;/q;;;;;2*-1;+2. The summed E-state index contributed by atoms with van der Waals surface area (Å²) in [6.45, 7) is 20.6. The van der Waals surface area contributed by atoms with Gasteiger partial charge in [-0.1, -0.05) is 193 Å². The zero-order valence-electron chi connectivity index (χ0n) is 81.1. The zero-order chi connectivity index (χ0) is 98.0. The van der Waals surface area contributed by atoms with Crippen molar-refractivity contribution >= 4 is 111 Å². The summed E-state index contributed by atoms with van der Waals surface area (Å²) >= 11 is 0. The van der Waals surface area contributed by atoms with Crippen molar-refractivity contribution in [3.8, 4) is 46.0 Å². The van der Waals surface area contributed by atoms with Crippen LogP contribution >= 0.6 is 0 Å². The molecule has 12 amide bonds. The van der Waals surface area contributed by atoms with Gasteiger partial charge in [-0.05, 0) is 243 Å². The van der Waals surface area contributed by atoms with E-state index in [9.17, 15) is 52.7 Å². The summed E-state index contributed by atoms with van der Waals surface area (Å²) < 4.78 is 24.6. The molecule has 16 rings (SSSR count). The summed E-state index contributed by atoms with van der Waals surface area (Å²) in [6, 6.07) is 75.9. The topological polar surface area (TPSA) is 376 Å². The summed E-state index contributed by atoms with van der Waals surface area (Å²) in [4.78, 5) is 149. The van der Waals surface area contributed by atoms with Gasteiger partial charge >= 0.3 is 43.2 Å². The van der Waals surface area contributed by atoms with Crippen LogP contribution in [0.2, 0.25) is 0 Å². The Kier molecular flexibility index (Phi) is 39.4. The van der Waals surface area contributed by atoms with E-state index < -0.39 is 52.7 Å². The normalized spacial score (nSPS) is 12.4. The zero-order valence-corrected chi connectivity index (χ0v) is 85.3. The second-order valence-electron chi connectivity index (χ2n) is 33.6. The quantitative estimate of drug-likeness (QED) is 0.00501. The molecule has 722 valence electrons. The van der Waals surface area contributed by atoms with Gasteiger partial charge in [-0.25, -0.2) is 39.0 Å². The van der Waals surface area contributed by atoms with E-state index in [1.807, 2.05) is 111 Å². The smallest absolute Gasteiger partial charge is 0.457 e. The van der Waals surface area contributed by atoms with E-state index in [-0.39, 0.29) is 96.8 Å². The number of ether oxygens (including phenoxy) is 4. The predicted molar refractivity (Wildman–Crippen MR) is 549 cm³/mol. The van der Waals surface area contributed by atoms with Gasteiger partial charge in [0.2, 0.25) is 6.08 Å². The molecule has 4 aliphatic heterocycles. The van der Waals surface area contributed by atoms with Crippen molar-refractivity contribution in [3.05, 3.63) is 349 Å². The summed E-state index contributed by atoms with van der Waals surface area (Å²) in [5.74, 6) is 0.280. The van der Waals surface area contributed by atoms with Gasteiger partial charge in [0.15, 0.2) is 0 Å². The monoisotopic (exact) mass is 2110 g/mol. The number of nitrogens with two attached hydrogens (primary N) is 3. The summed E-state index contributed by atoms with van der Waals surface area (Å²) in [5.41, 5.74) is 25.0. The first-order valence-corrected chi connectivity index (χ1v) is 46.1. The minimum atomic E-state index is -0.490. The molecule has 0 radical (unpaired) electrons. The number of nitrogen functional groups attached to an aromatic ring is 2. The van der Waals surface area contributed by atoms with E-state index in [2.05, 4.69) is 80.5 Å². The average Bonchev–Trinajstić information content (AvgIpc) is 1.62. The van der Waals surface area contributed by atoms with Crippen molar-refractivity contribution in [3.63, 3.8) is 0 Å². The Morgan fingerprint density at radius 3 is 0.821 bits per heavy atom. The third kappa shape index (κ3) is 26.0. The molecule has 0 spiro atoms. The van der Waals surface area contributed by atoms with E-state index in [0.717, 1.165) is 99.6 Å². The third-order valence-electron chi connectivity index (χ3n) is 23.5. The fourth-order valence-corrected chi connectivity index (χ4v) is 16.0. The number of amides is 12. The van der Waals surface area contributed by atoms with Crippen LogP contribution in [0.4, 0.5) is 55.1 Å². The van der Waals surface area contributed by atoms with Gasteiger partial charge < -0.3 is 72.3 Å². The Hall–Kier alpha value is -15.1. The molecule has 0 aromatic heterocycles. The number of rotatable bonds is 33. The molecule has 0 unspecified atom stereocenters. The van der Waals surface area contributed by atoms with E-state index in [1.54, 1.807) is 170 Å².